The number of fused-ring (bicyclic) bond motifs is 1. The van der Waals surface area contributed by atoms with Crippen molar-refractivity contribution in [1.29, 1.82) is 0 Å². The Balaban J connectivity index is 2.78. The molecule has 1 heterocycles. The fourth-order valence-corrected chi connectivity index (χ4v) is 1.95. The molecule has 2 rings (SSSR count). The van der Waals surface area contributed by atoms with Gasteiger partial charge in [-0.1, -0.05) is 6.07 Å². The normalized spacial score (nSPS) is 12.5. The number of nitrogens with zero attached hydrogens (tertiary/aromatic N) is 1. The average molecular weight is 248 g/mol. The van der Waals surface area contributed by atoms with Gasteiger partial charge in [0.15, 0.2) is 5.58 Å². The van der Waals surface area contributed by atoms with Crippen molar-refractivity contribution in [3.8, 4) is 0 Å². The van der Waals surface area contributed by atoms with Gasteiger partial charge in [0.05, 0.1) is 0 Å². The summed E-state index contributed by atoms with van der Waals surface area (Å²) in [6, 6.07) is 3.85. The summed E-state index contributed by atoms with van der Waals surface area (Å²) >= 11 is 0. The van der Waals surface area contributed by atoms with Gasteiger partial charge in [-0.15, -0.1) is 0 Å². The Bertz CT molecular complexity index is 636. The van der Waals surface area contributed by atoms with E-state index in [-0.39, 0.29) is 16.0 Å². The second kappa shape index (κ2) is 3.49. The molecule has 0 aliphatic rings. The third-order valence-electron chi connectivity index (χ3n) is 1.89. The first-order chi connectivity index (χ1) is 7.39. The molecule has 0 aliphatic heterocycles. The number of benzene rings is 1. The van der Waals surface area contributed by atoms with Gasteiger partial charge in [0.2, 0.25) is 10.0 Å². The molecule has 0 fully saturated rings. The maximum atomic E-state index is 12.3. The first kappa shape index (κ1) is 11.0. The Labute approximate surface area is 88.9 Å². The molecule has 0 saturated carbocycles. The van der Waals surface area contributed by atoms with Gasteiger partial charge < -0.3 is 4.42 Å². The lowest BCUT2D eigenvalue weighted by atomic mass is 10.3. The Hall–Kier alpha value is -1.54. The molecule has 0 saturated heterocycles. The standard InChI is InChI=1S/C8H6F2N2O3S/c9-7(10)8-12-6-4(15-8)2-1-3-5(6)16(11,13)14/h1-3,7H,(H2,11,13,14). The number of oxazole rings is 1. The van der Waals surface area contributed by atoms with Gasteiger partial charge in [0.1, 0.15) is 10.4 Å². The summed E-state index contributed by atoms with van der Waals surface area (Å²) in [6.07, 6.45) is -2.90. The minimum absolute atomic E-state index is 0.0400. The third kappa shape index (κ3) is 1.76. The van der Waals surface area contributed by atoms with Crippen LogP contribution in [0.2, 0.25) is 0 Å². The first-order valence-corrected chi connectivity index (χ1v) is 5.64. The SMILES string of the molecule is NS(=O)(=O)c1cccc2oc(C(F)F)nc12. The molecular formula is C8H6F2N2O3S. The van der Waals surface area contributed by atoms with Gasteiger partial charge in [-0.3, -0.25) is 0 Å². The summed E-state index contributed by atoms with van der Waals surface area (Å²) in [6.45, 7) is 0. The predicted octanol–water partition coefficient (Wildman–Crippen LogP) is 1.41. The quantitative estimate of drug-likeness (QED) is 0.870. The lowest BCUT2D eigenvalue weighted by Crippen LogP contribution is -2.12. The van der Waals surface area contributed by atoms with E-state index in [2.05, 4.69) is 9.40 Å². The van der Waals surface area contributed by atoms with Crippen LogP contribution >= 0.6 is 0 Å². The Morgan fingerprint density at radius 1 is 1.38 bits per heavy atom. The molecule has 0 aliphatic carbocycles. The summed E-state index contributed by atoms with van der Waals surface area (Å²) in [5, 5.41) is 4.91. The Kier molecular flexibility index (Phi) is 2.39. The molecule has 8 heteroatoms. The molecule has 0 unspecified atom stereocenters. The molecular weight excluding hydrogens is 242 g/mol. The molecule has 5 nitrogen and oxygen atoms in total. The number of nitrogens with two attached hydrogens (primary N) is 1. The van der Waals surface area contributed by atoms with E-state index in [1.54, 1.807) is 0 Å². The molecule has 1 aromatic carbocycles. The predicted molar refractivity (Wildman–Crippen MR) is 50.3 cm³/mol. The minimum atomic E-state index is -4.01. The summed E-state index contributed by atoms with van der Waals surface area (Å²) in [7, 11) is -4.01. The van der Waals surface area contributed by atoms with Crippen molar-refractivity contribution in [3.63, 3.8) is 0 Å². The van der Waals surface area contributed by atoms with Gasteiger partial charge in [0, 0.05) is 0 Å². The van der Waals surface area contributed by atoms with Crippen LogP contribution in [0.3, 0.4) is 0 Å². The maximum Gasteiger partial charge on any atom is 0.313 e. The number of hydrogen-bond acceptors (Lipinski definition) is 4. The van der Waals surface area contributed by atoms with Gasteiger partial charge in [0.25, 0.3) is 5.89 Å². The molecule has 0 amide bonds. The van der Waals surface area contributed by atoms with E-state index < -0.39 is 22.3 Å². The summed E-state index contributed by atoms with van der Waals surface area (Å²) in [4.78, 5) is 3.07. The maximum absolute atomic E-state index is 12.3. The van der Waals surface area contributed by atoms with Crippen molar-refractivity contribution in [2.24, 2.45) is 5.14 Å². The molecule has 86 valence electrons. The van der Waals surface area contributed by atoms with Crippen molar-refractivity contribution in [3.05, 3.63) is 24.1 Å². The third-order valence-corrected chi connectivity index (χ3v) is 2.83. The Morgan fingerprint density at radius 3 is 2.62 bits per heavy atom. The molecule has 2 aromatic rings. The molecule has 0 radical (unpaired) electrons. The number of rotatable bonds is 2. The fourth-order valence-electron chi connectivity index (χ4n) is 1.26. The van der Waals surface area contributed by atoms with E-state index in [0.717, 1.165) is 0 Å². The second-order valence-corrected chi connectivity index (χ2v) is 4.53. The average Bonchev–Trinajstić information content (AvgIpc) is 2.58. The smallest absolute Gasteiger partial charge is 0.313 e. The highest BCUT2D eigenvalue weighted by atomic mass is 32.2. The van der Waals surface area contributed by atoms with Crippen molar-refractivity contribution < 1.29 is 21.6 Å². The fraction of sp³-hybridized carbons (Fsp3) is 0.125. The second-order valence-electron chi connectivity index (χ2n) is 3.00. The van der Waals surface area contributed by atoms with Crippen LogP contribution in [0.5, 0.6) is 0 Å². The van der Waals surface area contributed by atoms with Gasteiger partial charge in [-0.2, -0.15) is 8.78 Å². The topological polar surface area (TPSA) is 86.2 Å². The van der Waals surface area contributed by atoms with Crippen LogP contribution in [0.4, 0.5) is 8.78 Å². The molecule has 16 heavy (non-hydrogen) atoms. The number of alkyl halides is 2. The molecule has 0 atom stereocenters. The number of halogens is 2. The van der Waals surface area contributed by atoms with Crippen LogP contribution in [0.15, 0.2) is 27.5 Å². The van der Waals surface area contributed by atoms with Gasteiger partial charge in [-0.05, 0) is 12.1 Å². The van der Waals surface area contributed by atoms with Crippen LogP contribution in [0.25, 0.3) is 11.1 Å². The van der Waals surface area contributed by atoms with E-state index >= 15 is 0 Å². The van der Waals surface area contributed by atoms with E-state index in [4.69, 9.17) is 5.14 Å². The number of para-hydroxylation sites is 1. The zero-order valence-corrected chi connectivity index (χ0v) is 8.54. The highest BCUT2D eigenvalue weighted by molar-refractivity contribution is 7.89. The van der Waals surface area contributed by atoms with Crippen LogP contribution in [0, 0.1) is 0 Å². The minimum Gasteiger partial charge on any atom is -0.435 e. The molecule has 2 N–H and O–H groups in total. The number of sulfonamides is 1. The van der Waals surface area contributed by atoms with Crippen molar-refractivity contribution in [2.75, 3.05) is 0 Å². The summed E-state index contributed by atoms with van der Waals surface area (Å²) in [5.74, 6) is -0.828. The summed E-state index contributed by atoms with van der Waals surface area (Å²) < 4.78 is 51.5. The van der Waals surface area contributed by atoms with Crippen LogP contribution in [0.1, 0.15) is 12.3 Å². The number of primary sulfonamides is 1. The van der Waals surface area contributed by atoms with E-state index in [9.17, 15) is 17.2 Å². The van der Waals surface area contributed by atoms with E-state index in [1.807, 2.05) is 0 Å². The van der Waals surface area contributed by atoms with Gasteiger partial charge >= 0.3 is 6.43 Å². The zero-order valence-electron chi connectivity index (χ0n) is 7.72. The highest BCUT2D eigenvalue weighted by Gasteiger charge is 2.20. The van der Waals surface area contributed by atoms with Crippen molar-refractivity contribution in [2.45, 2.75) is 11.3 Å². The lowest BCUT2D eigenvalue weighted by Gasteiger charge is -1.96. The van der Waals surface area contributed by atoms with E-state index in [1.165, 1.54) is 18.2 Å². The van der Waals surface area contributed by atoms with E-state index in [0.29, 0.717) is 0 Å². The molecule has 0 bridgehead atoms. The summed E-state index contributed by atoms with van der Waals surface area (Å²) in [5.41, 5.74) is -0.220. The lowest BCUT2D eigenvalue weighted by molar-refractivity contribution is 0.117. The Morgan fingerprint density at radius 2 is 2.06 bits per heavy atom. The van der Waals surface area contributed by atoms with Gasteiger partial charge in [-0.25, -0.2) is 18.5 Å². The van der Waals surface area contributed by atoms with Crippen molar-refractivity contribution >= 4 is 21.1 Å². The van der Waals surface area contributed by atoms with Crippen LogP contribution in [-0.4, -0.2) is 13.4 Å². The molecule has 0 spiro atoms. The number of hydrogen-bond donors (Lipinski definition) is 1. The first-order valence-electron chi connectivity index (χ1n) is 4.10. The number of aromatic nitrogens is 1. The van der Waals surface area contributed by atoms with Crippen LogP contribution < -0.4 is 5.14 Å². The van der Waals surface area contributed by atoms with Crippen LogP contribution in [-0.2, 0) is 10.0 Å². The highest BCUT2D eigenvalue weighted by Crippen LogP contribution is 2.26. The molecule has 1 aromatic heterocycles. The monoisotopic (exact) mass is 248 g/mol. The van der Waals surface area contributed by atoms with Crippen molar-refractivity contribution in [1.82, 2.24) is 4.98 Å². The largest absolute Gasteiger partial charge is 0.435 e. The zero-order chi connectivity index (χ0) is 11.9.